The van der Waals surface area contributed by atoms with Gasteiger partial charge in [0.05, 0.1) is 12.7 Å². The van der Waals surface area contributed by atoms with Crippen LogP contribution in [-0.2, 0) is 11.3 Å². The number of hydrogen-bond acceptors (Lipinski definition) is 3. The Hall–Kier alpha value is -2.29. The fourth-order valence-corrected chi connectivity index (χ4v) is 2.26. The summed E-state index contributed by atoms with van der Waals surface area (Å²) in [6.45, 7) is 4.74. The van der Waals surface area contributed by atoms with Crippen LogP contribution >= 0.6 is 0 Å². The summed E-state index contributed by atoms with van der Waals surface area (Å²) in [5.41, 5.74) is 5.05. The van der Waals surface area contributed by atoms with Crippen LogP contribution < -0.4 is 5.32 Å². The Morgan fingerprint density at radius 1 is 1.05 bits per heavy atom. The van der Waals surface area contributed by atoms with Crippen molar-refractivity contribution in [2.45, 2.75) is 20.4 Å². The Morgan fingerprint density at radius 2 is 1.70 bits per heavy atom. The molecule has 2 aromatic rings. The van der Waals surface area contributed by atoms with E-state index in [2.05, 4.69) is 31.3 Å². The molecule has 0 aliphatic carbocycles. The monoisotopic (exact) mass is 269 g/mol. The molecule has 0 fully saturated rings. The summed E-state index contributed by atoms with van der Waals surface area (Å²) in [6.07, 6.45) is 0. The molecule has 0 aliphatic rings. The molecule has 0 saturated heterocycles. The molecule has 0 radical (unpaired) electrons. The average molecular weight is 269 g/mol. The molecule has 0 atom stereocenters. The Morgan fingerprint density at radius 3 is 2.35 bits per heavy atom. The van der Waals surface area contributed by atoms with Crippen molar-refractivity contribution in [2.75, 3.05) is 12.4 Å². The van der Waals surface area contributed by atoms with Gasteiger partial charge in [-0.1, -0.05) is 36.4 Å². The zero-order chi connectivity index (χ0) is 14.5. The zero-order valence-corrected chi connectivity index (χ0v) is 12.1. The predicted molar refractivity (Wildman–Crippen MR) is 81.0 cm³/mol. The van der Waals surface area contributed by atoms with Crippen molar-refractivity contribution < 1.29 is 9.53 Å². The maximum atomic E-state index is 11.7. The molecule has 0 amide bonds. The Balaban J connectivity index is 2.21. The SMILES string of the molecule is COC(=O)c1ccccc1CNc1c(C)cccc1C. The van der Waals surface area contributed by atoms with Crippen LogP contribution in [0, 0.1) is 13.8 Å². The number of ether oxygens (including phenoxy) is 1. The minimum Gasteiger partial charge on any atom is -0.465 e. The Labute approximate surface area is 119 Å². The lowest BCUT2D eigenvalue weighted by atomic mass is 10.1. The van der Waals surface area contributed by atoms with Crippen molar-refractivity contribution in [3.05, 3.63) is 64.7 Å². The quantitative estimate of drug-likeness (QED) is 0.860. The first kappa shape index (κ1) is 14.1. The summed E-state index contributed by atoms with van der Waals surface area (Å²) in [5.74, 6) is -0.302. The molecule has 0 saturated carbocycles. The molecule has 0 aromatic heterocycles. The average Bonchev–Trinajstić information content (AvgIpc) is 2.46. The van der Waals surface area contributed by atoms with E-state index >= 15 is 0 Å². The van der Waals surface area contributed by atoms with Gasteiger partial charge in [0.1, 0.15) is 0 Å². The van der Waals surface area contributed by atoms with E-state index in [4.69, 9.17) is 4.74 Å². The van der Waals surface area contributed by atoms with Crippen LogP contribution in [0.15, 0.2) is 42.5 Å². The molecule has 20 heavy (non-hydrogen) atoms. The molecule has 0 unspecified atom stereocenters. The molecule has 1 N–H and O–H groups in total. The third kappa shape index (κ3) is 2.99. The minimum absolute atomic E-state index is 0.302. The van der Waals surface area contributed by atoms with Crippen LogP contribution in [0.2, 0.25) is 0 Å². The van der Waals surface area contributed by atoms with E-state index in [1.54, 1.807) is 6.07 Å². The van der Waals surface area contributed by atoms with Gasteiger partial charge in [0, 0.05) is 12.2 Å². The standard InChI is InChI=1S/C17H19NO2/c1-12-7-6-8-13(2)16(12)18-11-14-9-4-5-10-15(14)17(19)20-3/h4-10,18H,11H2,1-3H3. The molecule has 0 heterocycles. The van der Waals surface area contributed by atoms with Crippen LogP contribution in [0.4, 0.5) is 5.69 Å². The molecule has 0 aliphatic heterocycles. The zero-order valence-electron chi connectivity index (χ0n) is 12.1. The third-order valence-corrected chi connectivity index (χ3v) is 3.36. The number of hydrogen-bond donors (Lipinski definition) is 1. The summed E-state index contributed by atoms with van der Waals surface area (Å²) >= 11 is 0. The number of esters is 1. The van der Waals surface area contributed by atoms with Gasteiger partial charge in [0.15, 0.2) is 0 Å². The van der Waals surface area contributed by atoms with E-state index in [-0.39, 0.29) is 5.97 Å². The molecule has 3 nitrogen and oxygen atoms in total. The number of carbonyl (C=O) groups is 1. The van der Waals surface area contributed by atoms with Gasteiger partial charge in [-0.05, 0) is 36.6 Å². The summed E-state index contributed by atoms with van der Waals surface area (Å²) in [7, 11) is 1.40. The van der Waals surface area contributed by atoms with Gasteiger partial charge in [-0.25, -0.2) is 4.79 Å². The maximum absolute atomic E-state index is 11.7. The summed E-state index contributed by atoms with van der Waals surface area (Å²) in [5, 5.41) is 3.41. The molecule has 0 bridgehead atoms. The molecule has 3 heteroatoms. The highest BCUT2D eigenvalue weighted by molar-refractivity contribution is 5.91. The van der Waals surface area contributed by atoms with Crippen LogP contribution in [0.25, 0.3) is 0 Å². The predicted octanol–water partition coefficient (Wildman–Crippen LogP) is 3.70. The molecule has 2 rings (SSSR count). The topological polar surface area (TPSA) is 38.3 Å². The van der Waals surface area contributed by atoms with Crippen molar-refractivity contribution in [1.82, 2.24) is 0 Å². The van der Waals surface area contributed by atoms with E-state index in [9.17, 15) is 4.79 Å². The van der Waals surface area contributed by atoms with Crippen molar-refractivity contribution >= 4 is 11.7 Å². The van der Waals surface area contributed by atoms with Gasteiger partial charge in [-0.3, -0.25) is 0 Å². The number of methoxy groups -OCH3 is 1. The van der Waals surface area contributed by atoms with E-state index in [0.29, 0.717) is 12.1 Å². The molecule has 0 spiro atoms. The third-order valence-electron chi connectivity index (χ3n) is 3.36. The van der Waals surface area contributed by atoms with Crippen molar-refractivity contribution in [2.24, 2.45) is 0 Å². The van der Waals surface area contributed by atoms with Crippen LogP contribution in [-0.4, -0.2) is 13.1 Å². The van der Waals surface area contributed by atoms with Gasteiger partial charge in [0.25, 0.3) is 0 Å². The van der Waals surface area contributed by atoms with Crippen LogP contribution in [0.1, 0.15) is 27.0 Å². The first-order valence-electron chi connectivity index (χ1n) is 6.59. The summed E-state index contributed by atoms with van der Waals surface area (Å²) in [4.78, 5) is 11.7. The lowest BCUT2D eigenvalue weighted by molar-refractivity contribution is 0.0599. The number of anilines is 1. The van der Waals surface area contributed by atoms with E-state index in [1.807, 2.05) is 24.3 Å². The van der Waals surface area contributed by atoms with Crippen molar-refractivity contribution in [1.29, 1.82) is 0 Å². The first-order chi connectivity index (χ1) is 9.63. The van der Waals surface area contributed by atoms with Gasteiger partial charge in [-0.15, -0.1) is 0 Å². The van der Waals surface area contributed by atoms with Gasteiger partial charge >= 0.3 is 5.97 Å². The smallest absolute Gasteiger partial charge is 0.338 e. The Bertz CT molecular complexity index is 600. The largest absolute Gasteiger partial charge is 0.465 e. The second kappa shape index (κ2) is 6.24. The summed E-state index contributed by atoms with van der Waals surface area (Å²) < 4.78 is 4.81. The molecular weight excluding hydrogens is 250 g/mol. The molecular formula is C17H19NO2. The van der Waals surface area contributed by atoms with Crippen LogP contribution in [0.3, 0.4) is 0 Å². The number of para-hydroxylation sites is 1. The number of benzene rings is 2. The fraction of sp³-hybridized carbons (Fsp3) is 0.235. The highest BCUT2D eigenvalue weighted by atomic mass is 16.5. The fourth-order valence-electron chi connectivity index (χ4n) is 2.26. The molecule has 2 aromatic carbocycles. The number of nitrogens with one attached hydrogen (secondary N) is 1. The number of aryl methyl sites for hydroxylation is 2. The maximum Gasteiger partial charge on any atom is 0.338 e. The van der Waals surface area contributed by atoms with Gasteiger partial charge in [0.2, 0.25) is 0 Å². The highest BCUT2D eigenvalue weighted by Crippen LogP contribution is 2.21. The number of rotatable bonds is 4. The van der Waals surface area contributed by atoms with E-state index < -0.39 is 0 Å². The van der Waals surface area contributed by atoms with Crippen LogP contribution in [0.5, 0.6) is 0 Å². The molecule has 104 valence electrons. The van der Waals surface area contributed by atoms with E-state index in [1.165, 1.54) is 18.2 Å². The minimum atomic E-state index is -0.302. The lowest BCUT2D eigenvalue weighted by Gasteiger charge is -2.14. The van der Waals surface area contributed by atoms with E-state index in [0.717, 1.165) is 11.3 Å². The van der Waals surface area contributed by atoms with Gasteiger partial charge < -0.3 is 10.1 Å². The van der Waals surface area contributed by atoms with Gasteiger partial charge in [-0.2, -0.15) is 0 Å². The van der Waals surface area contributed by atoms with Crippen molar-refractivity contribution in [3.8, 4) is 0 Å². The second-order valence-electron chi connectivity index (χ2n) is 4.77. The Kier molecular flexibility index (Phi) is 4.41. The normalized spacial score (nSPS) is 10.2. The second-order valence-corrected chi connectivity index (χ2v) is 4.77. The van der Waals surface area contributed by atoms with Crippen molar-refractivity contribution in [3.63, 3.8) is 0 Å². The lowest BCUT2D eigenvalue weighted by Crippen LogP contribution is -2.10. The highest BCUT2D eigenvalue weighted by Gasteiger charge is 2.11. The number of carbonyl (C=O) groups excluding carboxylic acids is 1. The first-order valence-corrected chi connectivity index (χ1v) is 6.59. The summed E-state index contributed by atoms with van der Waals surface area (Å²) in [6, 6.07) is 13.7.